The lowest BCUT2D eigenvalue weighted by molar-refractivity contribution is -0.126. The smallest absolute Gasteiger partial charge is 0.0544 e. The highest BCUT2D eigenvalue weighted by atomic mass is 16.5. The van der Waals surface area contributed by atoms with Gasteiger partial charge in [-0.05, 0) is 119 Å². The van der Waals surface area contributed by atoms with E-state index in [2.05, 4.69) is 77.0 Å². The summed E-state index contributed by atoms with van der Waals surface area (Å²) in [5, 5.41) is 0. The topological polar surface area (TPSA) is 19.0 Å². The van der Waals surface area contributed by atoms with Crippen molar-refractivity contribution in [2.45, 2.75) is 119 Å². The third kappa shape index (κ3) is 11.3. The maximum absolute atomic E-state index is 5.10. The number of piperidine rings is 1. The molecule has 4 heteroatoms. The highest BCUT2D eigenvalue weighted by Crippen LogP contribution is 2.34. The van der Waals surface area contributed by atoms with Crippen LogP contribution in [0.25, 0.3) is 0 Å². The highest BCUT2D eigenvalue weighted by Gasteiger charge is 2.36. The molecule has 0 aromatic carbocycles. The lowest BCUT2D eigenvalue weighted by Gasteiger charge is -2.41. The van der Waals surface area contributed by atoms with Crippen LogP contribution in [0, 0.1) is 11.3 Å². The van der Waals surface area contributed by atoms with Crippen molar-refractivity contribution < 1.29 is 4.74 Å². The minimum atomic E-state index is 0.500. The largest absolute Gasteiger partial charge is 0.380 e. The monoisotopic (exact) mass is 453 g/mol. The molecule has 0 unspecified atom stereocenters. The second kappa shape index (κ2) is 15.7. The first kappa shape index (κ1) is 29.9. The minimum Gasteiger partial charge on any atom is -0.380 e. The van der Waals surface area contributed by atoms with E-state index in [-0.39, 0.29) is 0 Å². The first-order valence-corrected chi connectivity index (χ1v) is 13.9. The quantitative estimate of drug-likeness (QED) is 0.508. The Labute approximate surface area is 202 Å². The third-order valence-corrected chi connectivity index (χ3v) is 7.87. The summed E-state index contributed by atoms with van der Waals surface area (Å²) in [6.07, 6.45) is 8.52. The van der Waals surface area contributed by atoms with Crippen LogP contribution in [0.2, 0.25) is 0 Å². The van der Waals surface area contributed by atoms with E-state index in [1.54, 1.807) is 0 Å². The fourth-order valence-electron chi connectivity index (χ4n) is 4.31. The van der Waals surface area contributed by atoms with E-state index < -0.39 is 0 Å². The van der Waals surface area contributed by atoms with Gasteiger partial charge >= 0.3 is 0 Å². The molecule has 4 heterocycles. The lowest BCUT2D eigenvalue weighted by atomic mass is 9.78. The van der Waals surface area contributed by atoms with Crippen molar-refractivity contribution in [3.8, 4) is 0 Å². The Balaban J connectivity index is 0.000000214. The average molecular weight is 454 g/mol. The summed E-state index contributed by atoms with van der Waals surface area (Å²) < 4.78 is 5.10. The SMILES string of the molecule is CC(C)C1(C)COC1.CC(C)N1CCC1.CC(C)N1CCCC1.CC(C)N1CCCCC1. The number of hydrogen-bond acceptors (Lipinski definition) is 4. The number of likely N-dealkylation sites (tertiary alicyclic amines) is 3. The lowest BCUT2D eigenvalue weighted by Crippen LogP contribution is -2.43. The predicted molar refractivity (Wildman–Crippen MR) is 142 cm³/mol. The summed E-state index contributed by atoms with van der Waals surface area (Å²) in [4.78, 5) is 7.56. The molecule has 32 heavy (non-hydrogen) atoms. The van der Waals surface area contributed by atoms with Crippen LogP contribution in [-0.4, -0.2) is 85.3 Å². The standard InChI is InChI=1S/C8H17N.C7H15N.C7H14O.C6H13N/c1-8(2)9-6-4-3-5-7-9;1-7(2)8-5-3-4-6-8;1-6(2)7(3)4-8-5-7;1-6(2)7-4-3-5-7/h8H,3-7H2,1-2H3;7H,3-6H2,1-2H3;6H,4-5H2,1-3H3;6H,3-5H2,1-2H3. The number of hydrogen-bond donors (Lipinski definition) is 0. The normalized spacial score (nSPS) is 23.5. The van der Waals surface area contributed by atoms with E-state index >= 15 is 0 Å². The first-order valence-electron chi connectivity index (χ1n) is 13.9. The van der Waals surface area contributed by atoms with Gasteiger partial charge in [0.15, 0.2) is 0 Å². The van der Waals surface area contributed by atoms with E-state index in [0.29, 0.717) is 5.41 Å². The van der Waals surface area contributed by atoms with Crippen molar-refractivity contribution in [2.75, 3.05) is 52.5 Å². The summed E-state index contributed by atoms with van der Waals surface area (Å²) >= 11 is 0. The molecule has 0 aliphatic carbocycles. The van der Waals surface area contributed by atoms with Crippen LogP contribution < -0.4 is 0 Å². The molecular formula is C28H59N3O. The molecule has 0 saturated carbocycles. The van der Waals surface area contributed by atoms with Gasteiger partial charge in [-0.1, -0.05) is 27.2 Å². The Bertz CT molecular complexity index is 444. The second-order valence-corrected chi connectivity index (χ2v) is 11.8. The van der Waals surface area contributed by atoms with E-state index in [4.69, 9.17) is 4.74 Å². The molecule has 4 fully saturated rings. The molecule has 4 nitrogen and oxygen atoms in total. The molecule has 192 valence electrons. The molecule has 4 aliphatic rings. The van der Waals surface area contributed by atoms with Gasteiger partial charge in [0.1, 0.15) is 0 Å². The van der Waals surface area contributed by atoms with Gasteiger partial charge in [-0.15, -0.1) is 0 Å². The molecule has 0 spiro atoms. The maximum atomic E-state index is 5.10. The number of ether oxygens (including phenoxy) is 1. The molecule has 0 bridgehead atoms. The van der Waals surface area contributed by atoms with Gasteiger partial charge in [-0.3, -0.25) is 0 Å². The Hall–Kier alpha value is -0.160. The summed E-state index contributed by atoms with van der Waals surface area (Å²) in [5.74, 6) is 0.774. The van der Waals surface area contributed by atoms with E-state index in [0.717, 1.165) is 37.3 Å². The number of nitrogens with zero attached hydrogens (tertiary/aromatic N) is 3. The molecular weight excluding hydrogens is 394 g/mol. The minimum absolute atomic E-state index is 0.500. The van der Waals surface area contributed by atoms with Crippen molar-refractivity contribution in [2.24, 2.45) is 11.3 Å². The van der Waals surface area contributed by atoms with Crippen LogP contribution in [0.15, 0.2) is 0 Å². The third-order valence-electron chi connectivity index (χ3n) is 7.87. The van der Waals surface area contributed by atoms with E-state index in [1.807, 2.05) is 0 Å². The molecule has 4 aliphatic heterocycles. The van der Waals surface area contributed by atoms with Crippen LogP contribution in [0.3, 0.4) is 0 Å². The van der Waals surface area contributed by atoms with E-state index in [9.17, 15) is 0 Å². The summed E-state index contributed by atoms with van der Waals surface area (Å²) in [6, 6.07) is 2.33. The van der Waals surface area contributed by atoms with Crippen molar-refractivity contribution in [3.05, 3.63) is 0 Å². The predicted octanol–water partition coefficient (Wildman–Crippen LogP) is 6.15. The molecule has 0 aromatic rings. The zero-order valence-corrected chi connectivity index (χ0v) is 23.5. The molecule has 4 saturated heterocycles. The Morgan fingerprint density at radius 2 is 0.812 bits per heavy atom. The van der Waals surface area contributed by atoms with Crippen molar-refractivity contribution in [1.29, 1.82) is 0 Å². The van der Waals surface area contributed by atoms with Gasteiger partial charge in [0, 0.05) is 23.5 Å². The van der Waals surface area contributed by atoms with Crippen molar-refractivity contribution in [1.82, 2.24) is 14.7 Å². The maximum Gasteiger partial charge on any atom is 0.0544 e. The van der Waals surface area contributed by atoms with Crippen LogP contribution >= 0.6 is 0 Å². The first-order chi connectivity index (χ1) is 15.1. The Kier molecular flexibility index (Phi) is 14.6. The zero-order chi connectivity index (χ0) is 24.1. The van der Waals surface area contributed by atoms with Gasteiger partial charge in [-0.25, -0.2) is 0 Å². The van der Waals surface area contributed by atoms with Crippen molar-refractivity contribution >= 4 is 0 Å². The highest BCUT2D eigenvalue weighted by molar-refractivity contribution is 4.83. The second-order valence-electron chi connectivity index (χ2n) is 11.8. The Morgan fingerprint density at radius 1 is 0.500 bits per heavy atom. The molecule has 4 rings (SSSR count). The number of rotatable bonds is 4. The summed E-state index contributed by atoms with van der Waals surface area (Å²) in [5.41, 5.74) is 0.500. The fraction of sp³-hybridized carbons (Fsp3) is 1.00. The average Bonchev–Trinajstić information content (AvgIpc) is 3.21. The molecule has 0 amide bonds. The van der Waals surface area contributed by atoms with Gasteiger partial charge in [0.2, 0.25) is 0 Å². The summed E-state index contributed by atoms with van der Waals surface area (Å²) in [6.45, 7) is 30.3. The van der Waals surface area contributed by atoms with Gasteiger partial charge < -0.3 is 19.4 Å². The van der Waals surface area contributed by atoms with Crippen molar-refractivity contribution in [3.63, 3.8) is 0 Å². The van der Waals surface area contributed by atoms with Gasteiger partial charge in [0.05, 0.1) is 13.2 Å². The van der Waals surface area contributed by atoms with Crippen LogP contribution in [-0.2, 0) is 4.74 Å². The molecule has 0 aromatic heterocycles. The summed E-state index contributed by atoms with van der Waals surface area (Å²) in [7, 11) is 0. The Morgan fingerprint density at radius 3 is 0.938 bits per heavy atom. The molecule has 0 N–H and O–H groups in total. The zero-order valence-electron chi connectivity index (χ0n) is 23.5. The van der Waals surface area contributed by atoms with Gasteiger partial charge in [0.25, 0.3) is 0 Å². The van der Waals surface area contributed by atoms with Crippen LogP contribution in [0.1, 0.15) is 101 Å². The molecule has 0 atom stereocenters. The van der Waals surface area contributed by atoms with Crippen LogP contribution in [0.4, 0.5) is 0 Å². The van der Waals surface area contributed by atoms with E-state index in [1.165, 1.54) is 77.8 Å². The molecule has 0 radical (unpaired) electrons. The van der Waals surface area contributed by atoms with Gasteiger partial charge in [-0.2, -0.15) is 0 Å². The van der Waals surface area contributed by atoms with Crippen LogP contribution in [0.5, 0.6) is 0 Å². The fourth-order valence-corrected chi connectivity index (χ4v) is 4.31.